The summed E-state index contributed by atoms with van der Waals surface area (Å²) >= 11 is 0. The lowest BCUT2D eigenvalue weighted by atomic mass is 9.48. The second-order valence-corrected chi connectivity index (χ2v) is 23.8. The van der Waals surface area contributed by atoms with Gasteiger partial charge in [-0.1, -0.05) is 6.42 Å². The van der Waals surface area contributed by atoms with Crippen molar-refractivity contribution >= 4 is 11.7 Å². The summed E-state index contributed by atoms with van der Waals surface area (Å²) in [6, 6.07) is -0.362. The normalized spacial score (nSPS) is 46.6. The van der Waals surface area contributed by atoms with E-state index in [1.165, 1.54) is 116 Å². The summed E-state index contributed by atoms with van der Waals surface area (Å²) in [5, 5.41) is 42.0. The smallest absolute Gasteiger partial charge is 0.224 e. The Labute approximate surface area is 344 Å². The van der Waals surface area contributed by atoms with Crippen molar-refractivity contribution in [3.8, 4) is 0 Å². The van der Waals surface area contributed by atoms with E-state index in [0.717, 1.165) is 98.5 Å². The van der Waals surface area contributed by atoms with Gasteiger partial charge >= 0.3 is 0 Å². The molecule has 8 nitrogen and oxygen atoms in total. The van der Waals surface area contributed by atoms with Crippen LogP contribution in [0.15, 0.2) is 0 Å². The molecule has 8 heteroatoms. The first-order valence-corrected chi connectivity index (χ1v) is 24.8. The summed E-state index contributed by atoms with van der Waals surface area (Å²) in [7, 11) is 0. The SMILES string of the molecule is O=C1NC(CCCCNCC(O)C23CC4CC(CC(C4)C2)C3)C(=O)CC1CCCCN(CC(O)C12CC3CC(CC(C3)C1)C2)CC(O)C12CC3CC(CC(C3)C1)C2. The maximum Gasteiger partial charge on any atom is 0.224 e. The number of rotatable bonds is 19. The fourth-order valence-electron chi connectivity index (χ4n) is 18.0. The molecule has 12 bridgehead atoms. The first kappa shape index (κ1) is 40.0. The van der Waals surface area contributed by atoms with Crippen LogP contribution in [0, 0.1) is 75.4 Å². The van der Waals surface area contributed by atoms with Gasteiger partial charge in [-0.05, 0) is 230 Å². The fourth-order valence-corrected chi connectivity index (χ4v) is 18.0. The Morgan fingerprint density at radius 1 is 0.561 bits per heavy atom. The maximum absolute atomic E-state index is 13.3. The number of aliphatic hydroxyl groups is 3. The van der Waals surface area contributed by atoms with Crippen molar-refractivity contribution in [3.63, 3.8) is 0 Å². The Bertz CT molecular complexity index is 1310. The lowest BCUT2D eigenvalue weighted by Gasteiger charge is -2.59. The molecule has 5 unspecified atom stereocenters. The highest BCUT2D eigenvalue weighted by atomic mass is 16.3. The van der Waals surface area contributed by atoms with E-state index >= 15 is 0 Å². The molecule has 1 heterocycles. The molecule has 13 rings (SSSR count). The number of Topliss-reactive ketones (excluding diaryl/α,β-unsaturated/α-hetero) is 1. The quantitative estimate of drug-likeness (QED) is 0.0893. The molecule has 0 aromatic heterocycles. The van der Waals surface area contributed by atoms with Gasteiger partial charge in [-0.2, -0.15) is 0 Å². The van der Waals surface area contributed by atoms with Gasteiger partial charge in [0.2, 0.25) is 5.91 Å². The molecule has 12 aliphatic carbocycles. The second-order valence-electron chi connectivity index (χ2n) is 23.8. The Morgan fingerprint density at radius 2 is 0.965 bits per heavy atom. The number of aliphatic hydroxyl groups excluding tert-OH is 3. The number of carbonyl (C=O) groups is 2. The number of hydrogen-bond donors (Lipinski definition) is 5. The number of nitrogens with one attached hydrogen (secondary N) is 2. The molecule has 1 amide bonds. The van der Waals surface area contributed by atoms with E-state index in [0.29, 0.717) is 32.5 Å². The molecule has 57 heavy (non-hydrogen) atoms. The Hall–Kier alpha value is -1.06. The predicted octanol–water partition coefficient (Wildman–Crippen LogP) is 7.02. The molecule has 0 aromatic carbocycles. The third kappa shape index (κ3) is 8.09. The molecule has 320 valence electrons. The van der Waals surface area contributed by atoms with E-state index in [1.807, 2.05) is 0 Å². The zero-order valence-corrected chi connectivity index (χ0v) is 35.4. The lowest BCUT2D eigenvalue weighted by molar-refractivity contribution is -0.142. The minimum atomic E-state index is -0.362. The van der Waals surface area contributed by atoms with Crippen LogP contribution in [-0.2, 0) is 9.59 Å². The monoisotopic (exact) mass is 790 g/mol. The topological polar surface area (TPSA) is 122 Å². The molecule has 12 saturated carbocycles. The molecule has 0 radical (unpaired) electrons. The van der Waals surface area contributed by atoms with Gasteiger partial charge in [0.05, 0.1) is 24.4 Å². The number of piperidine rings is 1. The minimum Gasteiger partial charge on any atom is -0.391 e. The van der Waals surface area contributed by atoms with Crippen molar-refractivity contribution in [1.29, 1.82) is 0 Å². The predicted molar refractivity (Wildman–Crippen MR) is 222 cm³/mol. The third-order valence-electron chi connectivity index (χ3n) is 19.5. The summed E-state index contributed by atoms with van der Waals surface area (Å²) in [6.45, 7) is 3.69. The van der Waals surface area contributed by atoms with Crippen LogP contribution < -0.4 is 10.6 Å². The Balaban J connectivity index is 0.671. The summed E-state index contributed by atoms with van der Waals surface area (Å²) in [6.07, 6.45) is 27.8. The van der Waals surface area contributed by atoms with E-state index in [4.69, 9.17) is 0 Å². The second kappa shape index (κ2) is 16.0. The molecule has 0 aromatic rings. The van der Waals surface area contributed by atoms with Gasteiger partial charge in [-0.15, -0.1) is 0 Å². The van der Waals surface area contributed by atoms with Crippen LogP contribution >= 0.6 is 0 Å². The van der Waals surface area contributed by atoms with E-state index in [-0.39, 0.29) is 58.2 Å². The fraction of sp³-hybridized carbons (Fsp3) is 0.959. The van der Waals surface area contributed by atoms with Crippen molar-refractivity contribution in [2.24, 2.45) is 75.4 Å². The lowest BCUT2D eigenvalue weighted by Crippen LogP contribution is -2.57. The van der Waals surface area contributed by atoms with E-state index in [1.54, 1.807) is 0 Å². The summed E-state index contributed by atoms with van der Waals surface area (Å²) in [5.41, 5.74) is 0.299. The molecule has 0 spiro atoms. The highest BCUT2D eigenvalue weighted by Crippen LogP contribution is 2.64. The third-order valence-corrected chi connectivity index (χ3v) is 19.5. The van der Waals surface area contributed by atoms with Gasteiger partial charge in [-0.25, -0.2) is 0 Å². The number of ketones is 1. The number of nitrogens with zero attached hydrogens (tertiary/aromatic N) is 1. The van der Waals surface area contributed by atoms with Crippen LogP contribution in [0.4, 0.5) is 0 Å². The molecule has 13 aliphatic rings. The molecule has 13 fully saturated rings. The maximum atomic E-state index is 13.3. The van der Waals surface area contributed by atoms with Gasteiger partial charge in [0.25, 0.3) is 0 Å². The van der Waals surface area contributed by atoms with Crippen molar-refractivity contribution in [2.75, 3.05) is 32.7 Å². The number of carbonyl (C=O) groups excluding carboxylic acids is 2. The molecule has 1 aliphatic heterocycles. The summed E-state index contributed by atoms with van der Waals surface area (Å²) < 4.78 is 0. The number of amides is 1. The summed E-state index contributed by atoms with van der Waals surface area (Å²) in [5.74, 6) is 7.35. The molecule has 5 N–H and O–H groups in total. The van der Waals surface area contributed by atoms with Crippen LogP contribution in [0.2, 0.25) is 0 Å². The van der Waals surface area contributed by atoms with Crippen molar-refractivity contribution < 1.29 is 24.9 Å². The van der Waals surface area contributed by atoms with E-state index in [2.05, 4.69) is 15.5 Å². The number of unbranched alkanes of at least 4 members (excludes halogenated alkanes) is 2. The van der Waals surface area contributed by atoms with Gasteiger partial charge in [0, 0.05) is 32.0 Å². The molecule has 1 saturated heterocycles. The van der Waals surface area contributed by atoms with Crippen molar-refractivity contribution in [1.82, 2.24) is 15.5 Å². The summed E-state index contributed by atoms with van der Waals surface area (Å²) in [4.78, 5) is 29.0. The molecular weight excluding hydrogens is 711 g/mol. The van der Waals surface area contributed by atoms with Crippen LogP contribution in [0.25, 0.3) is 0 Å². The van der Waals surface area contributed by atoms with Gasteiger partial charge in [0.15, 0.2) is 5.78 Å². The van der Waals surface area contributed by atoms with Crippen LogP contribution in [0.5, 0.6) is 0 Å². The zero-order chi connectivity index (χ0) is 38.9. The largest absolute Gasteiger partial charge is 0.391 e. The van der Waals surface area contributed by atoms with Gasteiger partial charge < -0.3 is 26.0 Å². The van der Waals surface area contributed by atoms with E-state index < -0.39 is 0 Å². The van der Waals surface area contributed by atoms with Crippen molar-refractivity contribution in [3.05, 3.63) is 0 Å². The van der Waals surface area contributed by atoms with Gasteiger partial charge in [-0.3, -0.25) is 14.5 Å². The minimum absolute atomic E-state index is 0.0442. The molecular formula is C49H79N3O5. The zero-order valence-electron chi connectivity index (χ0n) is 35.4. The van der Waals surface area contributed by atoms with Crippen LogP contribution in [0.3, 0.4) is 0 Å². The van der Waals surface area contributed by atoms with Crippen LogP contribution in [-0.4, -0.2) is 89.0 Å². The molecule has 5 atom stereocenters. The average molecular weight is 790 g/mol. The standard InChI is InChI=1S/C49H79N3O5/c53-42-18-40(46(57)51-41(42)6-1-3-7-50-28-43(54)47-19-31-9-32(20-47)11-33(10-31)21-47)5-2-4-8-52(29-44(55)48-22-34-12-35(23-48)14-36(13-34)24-48)30-45(56)49-25-37-15-38(26-49)17-39(16-37)27-49/h31-41,43-45,50,54-56H,1-30H2,(H,51,57). The first-order valence-electron chi connectivity index (χ1n) is 24.8. The van der Waals surface area contributed by atoms with E-state index in [9.17, 15) is 24.9 Å². The Kier molecular flexibility index (Phi) is 11.2. The van der Waals surface area contributed by atoms with Gasteiger partial charge in [0.1, 0.15) is 0 Å². The van der Waals surface area contributed by atoms with Crippen LogP contribution in [0.1, 0.15) is 161 Å². The van der Waals surface area contributed by atoms with Crippen molar-refractivity contribution in [2.45, 2.75) is 185 Å². The Morgan fingerprint density at radius 3 is 1.40 bits per heavy atom. The first-order chi connectivity index (χ1) is 27.5. The number of hydrogen-bond acceptors (Lipinski definition) is 7. The average Bonchev–Trinajstić information content (AvgIpc) is 3.14. The highest BCUT2D eigenvalue weighted by Gasteiger charge is 2.57. The highest BCUT2D eigenvalue weighted by molar-refractivity contribution is 5.96.